The first kappa shape index (κ1) is 21.7. The van der Waals surface area contributed by atoms with Gasteiger partial charge in [-0.2, -0.15) is 0 Å². The van der Waals surface area contributed by atoms with Crippen LogP contribution >= 0.6 is 0 Å². The van der Waals surface area contributed by atoms with E-state index in [1.165, 1.54) is 30.4 Å². The van der Waals surface area contributed by atoms with E-state index in [-0.39, 0.29) is 35.0 Å². The summed E-state index contributed by atoms with van der Waals surface area (Å²) in [7, 11) is 3.37. The summed E-state index contributed by atoms with van der Waals surface area (Å²) in [6.07, 6.45) is 6.77. The normalized spacial score (nSPS) is 41.7. The highest BCUT2D eigenvalue weighted by Crippen LogP contribution is 2.63. The Kier molecular flexibility index (Phi) is 5.01. The largest absolute Gasteiger partial charge is 0.493 e. The maximum absolute atomic E-state index is 13.1. The van der Waals surface area contributed by atoms with Crippen molar-refractivity contribution in [2.75, 3.05) is 33.9 Å². The molecule has 0 N–H and O–H groups in total. The molecule has 3 heterocycles. The molecule has 1 unspecified atom stereocenters. The van der Waals surface area contributed by atoms with Crippen molar-refractivity contribution in [3.8, 4) is 11.5 Å². The highest BCUT2D eigenvalue weighted by molar-refractivity contribution is 5.75. The Morgan fingerprint density at radius 3 is 2.67 bits per heavy atom. The summed E-state index contributed by atoms with van der Waals surface area (Å²) in [5, 5.41) is 0. The minimum absolute atomic E-state index is 0.0170. The summed E-state index contributed by atoms with van der Waals surface area (Å²) in [6, 6.07) is 4.45. The fraction of sp³-hybridized carbons (Fsp3) is 0.741. The Hall–Kier alpha value is -1.79. The highest BCUT2D eigenvalue weighted by Gasteiger charge is 2.65. The quantitative estimate of drug-likeness (QED) is 0.502. The van der Waals surface area contributed by atoms with Crippen molar-refractivity contribution in [1.29, 1.82) is 0 Å². The van der Waals surface area contributed by atoms with Crippen LogP contribution in [0.4, 0.5) is 0 Å². The van der Waals surface area contributed by atoms with Crippen molar-refractivity contribution in [2.24, 2.45) is 23.2 Å². The molecule has 1 spiro atoms. The molecule has 6 nitrogen and oxygen atoms in total. The van der Waals surface area contributed by atoms with Gasteiger partial charge in [0.1, 0.15) is 6.10 Å². The van der Waals surface area contributed by atoms with Gasteiger partial charge in [-0.3, -0.25) is 9.69 Å². The molecule has 3 aliphatic heterocycles. The minimum atomic E-state index is -0.0404. The predicted octanol–water partition coefficient (Wildman–Crippen LogP) is 4.15. The number of hydrogen-bond donors (Lipinski definition) is 0. The maximum atomic E-state index is 13.1. The monoisotopic (exact) mass is 455 g/mol. The zero-order valence-corrected chi connectivity index (χ0v) is 20.4. The van der Waals surface area contributed by atoms with E-state index in [0.717, 1.165) is 50.5 Å². The molecule has 0 aromatic heterocycles. The van der Waals surface area contributed by atoms with E-state index >= 15 is 0 Å². The molecule has 180 valence electrons. The van der Waals surface area contributed by atoms with E-state index < -0.39 is 0 Å². The van der Waals surface area contributed by atoms with Gasteiger partial charge in [-0.25, -0.2) is 0 Å². The highest BCUT2D eigenvalue weighted by atomic mass is 16.6. The van der Waals surface area contributed by atoms with Crippen molar-refractivity contribution < 1.29 is 23.7 Å². The van der Waals surface area contributed by atoms with Crippen LogP contribution in [0.15, 0.2) is 12.1 Å². The summed E-state index contributed by atoms with van der Waals surface area (Å²) < 4.78 is 23.2. The van der Waals surface area contributed by atoms with Crippen LogP contribution in [0, 0.1) is 23.2 Å². The van der Waals surface area contributed by atoms with Crippen LogP contribution in [0.3, 0.4) is 0 Å². The Morgan fingerprint density at radius 1 is 1.18 bits per heavy atom. The van der Waals surface area contributed by atoms with Crippen molar-refractivity contribution in [3.05, 3.63) is 23.3 Å². The molecule has 2 aliphatic carbocycles. The van der Waals surface area contributed by atoms with Crippen LogP contribution in [0.25, 0.3) is 0 Å². The number of rotatable bonds is 4. The van der Waals surface area contributed by atoms with E-state index in [4.69, 9.17) is 18.9 Å². The molecule has 6 heteroatoms. The van der Waals surface area contributed by atoms with Crippen molar-refractivity contribution in [3.63, 3.8) is 0 Å². The molecule has 1 aromatic rings. The maximum Gasteiger partial charge on any atom is 0.310 e. The topological polar surface area (TPSA) is 60.5 Å². The number of nitrogens with zero attached hydrogens (tertiary/aromatic N) is 1. The van der Waals surface area contributed by atoms with Crippen LogP contribution in [0.1, 0.15) is 63.1 Å². The summed E-state index contributed by atoms with van der Waals surface area (Å²) in [4.78, 5) is 15.6. The molecule has 0 amide bonds. The van der Waals surface area contributed by atoms with E-state index in [0.29, 0.717) is 11.8 Å². The van der Waals surface area contributed by atoms with Gasteiger partial charge in [0.2, 0.25) is 0 Å². The van der Waals surface area contributed by atoms with Crippen molar-refractivity contribution in [2.45, 2.75) is 70.1 Å². The zero-order chi connectivity index (χ0) is 23.0. The smallest absolute Gasteiger partial charge is 0.310 e. The standard InChI is InChI=1S/C27H37NO5/c1-16-18-11-22(31-4)21(30-3)10-17(18)6-9-28(16)14-20-19-12-24-26(2,13-23(19)33-25(20)29)7-5-8-27(24)15-32-27/h10-11,16,19-20,23-24H,5-9,12-15H2,1-4H3/t16-,19+,20?,23+,24+,26+,27-/m0/s1. The number of hydrogen-bond acceptors (Lipinski definition) is 6. The molecule has 0 bridgehead atoms. The second-order valence-electron chi connectivity index (χ2n) is 11.4. The SMILES string of the molecule is COc1cc2c(cc1OC)[C@H](C)N(CC1C(=O)O[C@@H]3C[C@@]4(C)CCC[C@]5(CO5)[C@@H]4C[C@H]13)CC2. The Balaban J connectivity index is 1.22. The first-order valence-electron chi connectivity index (χ1n) is 12.7. The number of epoxide rings is 1. The average Bonchev–Trinajstić information content (AvgIpc) is 3.51. The van der Waals surface area contributed by atoms with Gasteiger partial charge in [-0.15, -0.1) is 0 Å². The number of fused-ring (bicyclic) bond motifs is 4. The molecular weight excluding hydrogens is 418 g/mol. The molecule has 2 saturated heterocycles. The molecule has 2 saturated carbocycles. The van der Waals surface area contributed by atoms with E-state index in [9.17, 15) is 4.79 Å². The molecule has 0 radical (unpaired) electrons. The van der Waals surface area contributed by atoms with Crippen LogP contribution in [0.5, 0.6) is 11.5 Å². The molecule has 1 aromatic carbocycles. The van der Waals surface area contributed by atoms with Crippen molar-refractivity contribution in [1.82, 2.24) is 4.90 Å². The minimum Gasteiger partial charge on any atom is -0.493 e. The lowest BCUT2D eigenvalue weighted by Crippen LogP contribution is -2.51. The van der Waals surface area contributed by atoms with Gasteiger partial charge in [0.25, 0.3) is 0 Å². The third-order valence-electron chi connectivity index (χ3n) is 9.82. The number of benzene rings is 1. The fourth-order valence-electron chi connectivity index (χ4n) is 7.86. The van der Waals surface area contributed by atoms with Crippen molar-refractivity contribution >= 4 is 5.97 Å². The van der Waals surface area contributed by atoms with Gasteiger partial charge in [0.05, 0.1) is 32.3 Å². The Bertz CT molecular complexity index is 958. The van der Waals surface area contributed by atoms with Gasteiger partial charge in [0.15, 0.2) is 11.5 Å². The van der Waals surface area contributed by atoms with E-state index in [1.807, 2.05) is 0 Å². The number of carbonyl (C=O) groups is 1. The molecule has 33 heavy (non-hydrogen) atoms. The lowest BCUT2D eigenvalue weighted by molar-refractivity contribution is -0.147. The molecule has 5 aliphatic rings. The number of methoxy groups -OCH3 is 2. The average molecular weight is 456 g/mol. The lowest BCUT2D eigenvalue weighted by Gasteiger charge is -2.51. The molecular formula is C27H37NO5. The van der Waals surface area contributed by atoms with Crippen LogP contribution < -0.4 is 9.47 Å². The van der Waals surface area contributed by atoms with E-state index in [1.54, 1.807) is 14.2 Å². The summed E-state index contributed by atoms with van der Waals surface area (Å²) >= 11 is 0. The van der Waals surface area contributed by atoms with Gasteiger partial charge in [-0.05, 0) is 80.0 Å². The van der Waals surface area contributed by atoms with Crippen LogP contribution in [-0.4, -0.2) is 56.5 Å². The van der Waals surface area contributed by atoms with Gasteiger partial charge < -0.3 is 18.9 Å². The zero-order valence-electron chi connectivity index (χ0n) is 20.4. The van der Waals surface area contributed by atoms with Crippen LogP contribution in [-0.2, 0) is 20.7 Å². The van der Waals surface area contributed by atoms with Crippen LogP contribution in [0.2, 0.25) is 0 Å². The number of esters is 1. The predicted molar refractivity (Wildman–Crippen MR) is 123 cm³/mol. The number of carbonyl (C=O) groups excluding carboxylic acids is 1. The molecule has 6 rings (SSSR count). The van der Waals surface area contributed by atoms with Gasteiger partial charge in [-0.1, -0.05) is 6.92 Å². The molecule has 4 fully saturated rings. The summed E-state index contributed by atoms with van der Waals surface area (Å²) in [6.45, 7) is 7.29. The summed E-state index contributed by atoms with van der Waals surface area (Å²) in [5.41, 5.74) is 2.93. The lowest BCUT2D eigenvalue weighted by atomic mass is 9.53. The van der Waals surface area contributed by atoms with Gasteiger partial charge in [0, 0.05) is 25.0 Å². The molecule has 7 atom stereocenters. The number of ether oxygens (including phenoxy) is 4. The second-order valence-corrected chi connectivity index (χ2v) is 11.4. The Morgan fingerprint density at radius 2 is 1.94 bits per heavy atom. The van der Waals surface area contributed by atoms with Gasteiger partial charge >= 0.3 is 5.97 Å². The first-order valence-corrected chi connectivity index (χ1v) is 12.7. The second kappa shape index (κ2) is 7.61. The fourth-order valence-corrected chi connectivity index (χ4v) is 7.86. The first-order chi connectivity index (χ1) is 15.9. The van der Waals surface area contributed by atoms with E-state index in [2.05, 4.69) is 30.9 Å². The third kappa shape index (κ3) is 3.31. The Labute approximate surface area is 196 Å². The summed E-state index contributed by atoms with van der Waals surface area (Å²) in [5.74, 6) is 2.41. The third-order valence-corrected chi connectivity index (χ3v) is 9.82.